The van der Waals surface area contributed by atoms with Gasteiger partial charge in [0.1, 0.15) is 0 Å². The van der Waals surface area contributed by atoms with E-state index in [1.807, 2.05) is 0 Å². The highest BCUT2D eigenvalue weighted by Gasteiger charge is 2.37. The number of hydrogen-bond acceptors (Lipinski definition) is 1. The van der Waals surface area contributed by atoms with Crippen molar-refractivity contribution in [3.63, 3.8) is 0 Å². The molecule has 1 nitrogen and oxygen atoms in total. The second kappa shape index (κ2) is 5.34. The predicted molar refractivity (Wildman–Crippen MR) is 105 cm³/mol. The zero-order valence-corrected chi connectivity index (χ0v) is 16.5. The van der Waals surface area contributed by atoms with Crippen LogP contribution in [0.4, 0.5) is 0 Å². The van der Waals surface area contributed by atoms with E-state index in [0.717, 1.165) is 22.3 Å². The Balaban J connectivity index is 2.51. The van der Waals surface area contributed by atoms with Crippen molar-refractivity contribution in [2.24, 2.45) is 0 Å². The van der Waals surface area contributed by atoms with E-state index in [4.69, 9.17) is 0 Å². The molecule has 0 aliphatic carbocycles. The van der Waals surface area contributed by atoms with Crippen molar-refractivity contribution in [1.82, 2.24) is 0 Å². The fourth-order valence-corrected chi connectivity index (χ4v) is 4.62. The minimum absolute atomic E-state index is 0.227. The molecular formula is C22H27BO. The average molecular weight is 318 g/mol. The number of rotatable bonds is 0. The van der Waals surface area contributed by atoms with Crippen LogP contribution in [0.2, 0.25) is 6.82 Å². The molecule has 0 N–H and O–H groups in total. The van der Waals surface area contributed by atoms with Crippen LogP contribution < -0.4 is 10.9 Å². The first-order valence-corrected chi connectivity index (χ1v) is 8.86. The zero-order chi connectivity index (χ0) is 18.1. The summed E-state index contributed by atoms with van der Waals surface area (Å²) in [6, 6.07) is 0. The summed E-state index contributed by atoms with van der Waals surface area (Å²) in [6.07, 6.45) is 0. The largest absolute Gasteiger partial charge is 0.289 e. The van der Waals surface area contributed by atoms with Crippen molar-refractivity contribution in [1.29, 1.82) is 0 Å². The van der Waals surface area contributed by atoms with Crippen LogP contribution in [0.5, 0.6) is 0 Å². The van der Waals surface area contributed by atoms with Gasteiger partial charge in [0.2, 0.25) is 6.71 Å². The number of carbonyl (C=O) groups excluding carboxylic acids is 1. The molecule has 24 heavy (non-hydrogen) atoms. The summed E-state index contributed by atoms with van der Waals surface area (Å²) < 4.78 is 0. The Morgan fingerprint density at radius 3 is 1.12 bits per heavy atom. The molecule has 0 fully saturated rings. The van der Waals surface area contributed by atoms with Gasteiger partial charge in [0, 0.05) is 11.1 Å². The molecule has 1 heterocycles. The molecule has 0 spiro atoms. The van der Waals surface area contributed by atoms with Crippen LogP contribution in [0.3, 0.4) is 0 Å². The van der Waals surface area contributed by atoms with Crippen LogP contribution in [0.1, 0.15) is 60.4 Å². The summed E-state index contributed by atoms with van der Waals surface area (Å²) in [7, 11) is 0. The molecular weight excluding hydrogens is 291 g/mol. The van der Waals surface area contributed by atoms with Crippen molar-refractivity contribution < 1.29 is 4.79 Å². The van der Waals surface area contributed by atoms with Gasteiger partial charge >= 0.3 is 0 Å². The number of fused-ring (bicyclic) bond motifs is 2. The van der Waals surface area contributed by atoms with Gasteiger partial charge in [0.05, 0.1) is 0 Å². The molecule has 124 valence electrons. The van der Waals surface area contributed by atoms with E-state index < -0.39 is 0 Å². The Kier molecular flexibility index (Phi) is 3.79. The third kappa shape index (κ3) is 1.92. The van der Waals surface area contributed by atoms with Crippen molar-refractivity contribution in [2.75, 3.05) is 0 Å². The lowest BCUT2D eigenvalue weighted by Crippen LogP contribution is -2.53. The molecule has 0 unspecified atom stereocenters. The number of hydrogen-bond donors (Lipinski definition) is 0. The van der Waals surface area contributed by atoms with Crippen LogP contribution in [-0.4, -0.2) is 12.5 Å². The first-order valence-electron chi connectivity index (χ1n) is 8.86. The molecule has 2 aromatic rings. The number of carbonyl (C=O) groups is 1. The molecule has 0 atom stereocenters. The van der Waals surface area contributed by atoms with E-state index in [1.165, 1.54) is 44.3 Å². The highest BCUT2D eigenvalue weighted by atomic mass is 16.1. The Hall–Kier alpha value is -1.83. The van der Waals surface area contributed by atoms with Gasteiger partial charge in [-0.05, 0) is 88.8 Å². The van der Waals surface area contributed by atoms with Gasteiger partial charge in [-0.1, -0.05) is 28.9 Å². The molecule has 2 heteroatoms. The molecule has 2 aromatic carbocycles. The van der Waals surface area contributed by atoms with Crippen LogP contribution >= 0.6 is 0 Å². The van der Waals surface area contributed by atoms with Gasteiger partial charge in [-0.3, -0.25) is 4.79 Å². The Labute approximate surface area is 146 Å². The van der Waals surface area contributed by atoms with Crippen molar-refractivity contribution >= 4 is 23.4 Å². The van der Waals surface area contributed by atoms with E-state index in [0.29, 0.717) is 0 Å². The summed E-state index contributed by atoms with van der Waals surface area (Å²) in [6.45, 7) is 19.8. The Morgan fingerprint density at radius 2 is 0.792 bits per heavy atom. The summed E-state index contributed by atoms with van der Waals surface area (Å²) in [5.41, 5.74) is 14.5. The van der Waals surface area contributed by atoms with E-state index in [2.05, 4.69) is 62.2 Å². The van der Waals surface area contributed by atoms with E-state index in [9.17, 15) is 4.79 Å². The summed E-state index contributed by atoms with van der Waals surface area (Å²) in [4.78, 5) is 13.5. The lowest BCUT2D eigenvalue weighted by molar-refractivity contribution is 0.103. The molecule has 3 rings (SSSR count). The van der Waals surface area contributed by atoms with Gasteiger partial charge in [-0.2, -0.15) is 0 Å². The fourth-order valence-electron chi connectivity index (χ4n) is 4.62. The number of benzene rings is 2. The first kappa shape index (κ1) is 17.0. The summed E-state index contributed by atoms with van der Waals surface area (Å²) in [5.74, 6) is 0.227. The monoisotopic (exact) mass is 318 g/mol. The molecule has 0 saturated heterocycles. The summed E-state index contributed by atoms with van der Waals surface area (Å²) >= 11 is 0. The van der Waals surface area contributed by atoms with Crippen LogP contribution in [0.25, 0.3) is 0 Å². The first-order chi connectivity index (χ1) is 11.1. The summed E-state index contributed by atoms with van der Waals surface area (Å²) in [5, 5.41) is 0. The second-order valence-corrected chi connectivity index (χ2v) is 7.63. The highest BCUT2D eigenvalue weighted by molar-refractivity contribution is 6.88. The minimum Gasteiger partial charge on any atom is -0.289 e. The van der Waals surface area contributed by atoms with E-state index in [1.54, 1.807) is 0 Å². The molecule has 0 radical (unpaired) electrons. The Bertz CT molecular complexity index is 846. The average Bonchev–Trinajstić information content (AvgIpc) is 2.55. The zero-order valence-electron chi connectivity index (χ0n) is 16.5. The lowest BCUT2D eigenvalue weighted by Gasteiger charge is -2.32. The van der Waals surface area contributed by atoms with Gasteiger partial charge in [0.25, 0.3) is 0 Å². The maximum atomic E-state index is 13.5. The van der Waals surface area contributed by atoms with Gasteiger partial charge in [-0.15, -0.1) is 0 Å². The van der Waals surface area contributed by atoms with Gasteiger partial charge < -0.3 is 0 Å². The number of ketones is 1. The van der Waals surface area contributed by atoms with E-state index >= 15 is 0 Å². The normalized spacial score (nSPS) is 13.2. The van der Waals surface area contributed by atoms with Crippen LogP contribution in [0, 0.1) is 55.4 Å². The quantitative estimate of drug-likeness (QED) is 0.673. The van der Waals surface area contributed by atoms with Crippen molar-refractivity contribution in [3.05, 3.63) is 55.6 Å². The maximum Gasteiger partial charge on any atom is 0.208 e. The second-order valence-electron chi connectivity index (χ2n) is 7.63. The minimum atomic E-state index is 0.227. The smallest absolute Gasteiger partial charge is 0.208 e. The van der Waals surface area contributed by atoms with Crippen molar-refractivity contribution in [2.45, 2.75) is 62.2 Å². The van der Waals surface area contributed by atoms with Gasteiger partial charge in [0.15, 0.2) is 5.78 Å². The fraction of sp³-hybridized carbons (Fsp3) is 0.409. The van der Waals surface area contributed by atoms with Crippen LogP contribution in [-0.2, 0) is 0 Å². The SMILES string of the molecule is CB1c2c(C)c(C)c(C)c(C)c2C(=O)c2c(C)c(C)c(C)c(C)c21. The Morgan fingerprint density at radius 1 is 0.500 bits per heavy atom. The molecule has 0 amide bonds. The molecule has 1 aliphatic rings. The molecule has 1 aliphatic heterocycles. The molecule has 0 saturated carbocycles. The predicted octanol–water partition coefficient (Wildman–Crippen LogP) is 3.94. The lowest BCUT2D eigenvalue weighted by atomic mass is 9.36. The standard InChI is InChI=1S/C22H27BO/c1-10-12(3)16(7)20-18(14(10)5)22(24)19-15(6)11(2)13(4)17(8)21(19)23(20)9/h1-9H3. The molecule has 0 bridgehead atoms. The third-order valence-electron chi connectivity index (χ3n) is 6.79. The maximum absolute atomic E-state index is 13.5. The third-order valence-corrected chi connectivity index (χ3v) is 6.79. The topological polar surface area (TPSA) is 17.1 Å². The van der Waals surface area contributed by atoms with Gasteiger partial charge in [-0.25, -0.2) is 0 Å². The van der Waals surface area contributed by atoms with Crippen LogP contribution in [0.15, 0.2) is 0 Å². The van der Waals surface area contributed by atoms with E-state index in [-0.39, 0.29) is 12.5 Å². The molecule has 0 aromatic heterocycles. The highest BCUT2D eigenvalue weighted by Crippen LogP contribution is 2.29. The van der Waals surface area contributed by atoms with Crippen molar-refractivity contribution in [3.8, 4) is 0 Å².